The Hall–Kier alpha value is -1.59. The summed E-state index contributed by atoms with van der Waals surface area (Å²) in [6.45, 7) is 1.68. The number of piperidine rings is 1. The number of hydrogen-bond acceptors (Lipinski definition) is 4. The van der Waals surface area contributed by atoms with Gasteiger partial charge in [0, 0.05) is 19.0 Å². The molecule has 1 aliphatic heterocycles. The van der Waals surface area contributed by atoms with Crippen molar-refractivity contribution in [2.45, 2.75) is 37.8 Å². The highest BCUT2D eigenvalue weighted by Gasteiger charge is 2.25. The van der Waals surface area contributed by atoms with Gasteiger partial charge in [-0.15, -0.1) is 0 Å². The molecule has 1 aromatic rings. The highest BCUT2D eigenvalue weighted by molar-refractivity contribution is 5.74. The van der Waals surface area contributed by atoms with Gasteiger partial charge in [0.2, 0.25) is 5.91 Å². The van der Waals surface area contributed by atoms with Crippen LogP contribution in [0.4, 0.5) is 0 Å². The Labute approximate surface area is 125 Å². The van der Waals surface area contributed by atoms with Gasteiger partial charge in [-0.1, -0.05) is 24.6 Å². The van der Waals surface area contributed by atoms with Crippen LogP contribution in [0.15, 0.2) is 30.3 Å². The van der Waals surface area contributed by atoms with E-state index in [1.54, 1.807) is 0 Å². The minimum atomic E-state index is -0.571. The van der Waals surface area contributed by atoms with Crippen molar-refractivity contribution in [3.8, 4) is 5.75 Å². The molecule has 5 nitrogen and oxygen atoms in total. The van der Waals surface area contributed by atoms with Crippen LogP contribution in [-0.2, 0) is 4.79 Å². The standard InChI is InChI=1S/C16H24N2O3/c17-16(20)10-13-6-4-5-9-18(13)11-14(19)12-21-15-7-2-1-3-8-15/h1-3,7-8,13-14,19H,4-6,9-12H2,(H2,17,20). The molecule has 1 heterocycles. The first-order valence-corrected chi connectivity index (χ1v) is 7.53. The SMILES string of the molecule is NC(=O)CC1CCCCN1CC(O)COc1ccccc1. The van der Waals surface area contributed by atoms with E-state index in [1.165, 1.54) is 0 Å². The number of amides is 1. The van der Waals surface area contributed by atoms with Crippen molar-refractivity contribution >= 4 is 5.91 Å². The molecule has 0 radical (unpaired) electrons. The molecule has 2 rings (SSSR count). The van der Waals surface area contributed by atoms with E-state index in [-0.39, 0.29) is 18.6 Å². The van der Waals surface area contributed by atoms with E-state index in [0.717, 1.165) is 31.6 Å². The van der Waals surface area contributed by atoms with Crippen LogP contribution < -0.4 is 10.5 Å². The molecule has 5 heteroatoms. The normalized spacial score (nSPS) is 20.9. The van der Waals surface area contributed by atoms with Crippen LogP contribution in [0.25, 0.3) is 0 Å². The highest BCUT2D eigenvalue weighted by atomic mass is 16.5. The van der Waals surface area contributed by atoms with Gasteiger partial charge in [0.15, 0.2) is 0 Å². The maximum absolute atomic E-state index is 11.1. The zero-order chi connectivity index (χ0) is 15.1. The molecule has 2 unspecified atom stereocenters. The molecule has 21 heavy (non-hydrogen) atoms. The third-order valence-electron chi connectivity index (χ3n) is 3.82. The van der Waals surface area contributed by atoms with Gasteiger partial charge in [0.25, 0.3) is 0 Å². The van der Waals surface area contributed by atoms with Crippen molar-refractivity contribution in [2.24, 2.45) is 5.73 Å². The zero-order valence-electron chi connectivity index (χ0n) is 12.3. The first-order chi connectivity index (χ1) is 10.1. The number of rotatable bonds is 7. The van der Waals surface area contributed by atoms with Crippen molar-refractivity contribution < 1.29 is 14.6 Å². The average molecular weight is 292 g/mol. The van der Waals surface area contributed by atoms with E-state index in [0.29, 0.717) is 13.0 Å². The molecule has 1 fully saturated rings. The number of aliphatic hydroxyl groups is 1. The smallest absolute Gasteiger partial charge is 0.218 e. The molecule has 0 aromatic heterocycles. The molecular weight excluding hydrogens is 268 g/mol. The van der Waals surface area contributed by atoms with Crippen molar-refractivity contribution in [2.75, 3.05) is 19.7 Å². The fourth-order valence-electron chi connectivity index (χ4n) is 2.80. The Balaban J connectivity index is 1.79. The van der Waals surface area contributed by atoms with Crippen molar-refractivity contribution in [1.82, 2.24) is 4.90 Å². The van der Waals surface area contributed by atoms with Crippen LogP contribution in [0, 0.1) is 0 Å². The van der Waals surface area contributed by atoms with E-state index in [2.05, 4.69) is 4.90 Å². The third kappa shape index (κ3) is 5.36. The number of nitrogens with two attached hydrogens (primary N) is 1. The van der Waals surface area contributed by atoms with Gasteiger partial charge in [0.05, 0.1) is 0 Å². The predicted octanol–water partition coefficient (Wildman–Crippen LogP) is 1.16. The Morgan fingerprint density at radius 1 is 1.38 bits per heavy atom. The summed E-state index contributed by atoms with van der Waals surface area (Å²) in [4.78, 5) is 13.3. The second-order valence-electron chi connectivity index (χ2n) is 5.59. The van der Waals surface area contributed by atoms with Crippen LogP contribution in [0.3, 0.4) is 0 Å². The molecule has 0 aliphatic carbocycles. The van der Waals surface area contributed by atoms with Gasteiger partial charge in [0.1, 0.15) is 18.5 Å². The predicted molar refractivity (Wildman–Crippen MR) is 81.0 cm³/mol. The van der Waals surface area contributed by atoms with Crippen LogP contribution in [0.2, 0.25) is 0 Å². The number of nitrogens with zero attached hydrogens (tertiary/aromatic N) is 1. The maximum atomic E-state index is 11.1. The molecule has 1 saturated heterocycles. The van der Waals surface area contributed by atoms with Crippen molar-refractivity contribution in [3.05, 3.63) is 30.3 Å². The number of para-hydroxylation sites is 1. The number of benzene rings is 1. The number of aliphatic hydroxyl groups excluding tert-OH is 1. The molecular formula is C16H24N2O3. The minimum Gasteiger partial charge on any atom is -0.491 e. The van der Waals surface area contributed by atoms with Gasteiger partial charge >= 0.3 is 0 Å². The molecule has 2 atom stereocenters. The summed E-state index contributed by atoms with van der Waals surface area (Å²) in [5.41, 5.74) is 5.30. The molecule has 0 spiro atoms. The lowest BCUT2D eigenvalue weighted by atomic mass is 9.98. The fraction of sp³-hybridized carbons (Fsp3) is 0.562. The molecule has 0 bridgehead atoms. The van der Waals surface area contributed by atoms with Crippen LogP contribution in [0.5, 0.6) is 5.75 Å². The van der Waals surface area contributed by atoms with Crippen LogP contribution in [-0.4, -0.2) is 47.8 Å². The van der Waals surface area contributed by atoms with Crippen molar-refractivity contribution in [1.29, 1.82) is 0 Å². The van der Waals surface area contributed by atoms with Crippen molar-refractivity contribution in [3.63, 3.8) is 0 Å². The molecule has 116 valence electrons. The number of carbonyl (C=O) groups is 1. The molecule has 3 N–H and O–H groups in total. The molecule has 1 aromatic carbocycles. The lowest BCUT2D eigenvalue weighted by molar-refractivity contribution is -0.119. The van der Waals surface area contributed by atoms with Gasteiger partial charge in [-0.3, -0.25) is 9.69 Å². The monoisotopic (exact) mass is 292 g/mol. The van der Waals surface area contributed by atoms with Gasteiger partial charge in [-0.25, -0.2) is 0 Å². The minimum absolute atomic E-state index is 0.155. The second kappa shape index (κ2) is 8.00. The molecule has 1 aliphatic rings. The summed E-state index contributed by atoms with van der Waals surface area (Å²) in [7, 11) is 0. The van der Waals surface area contributed by atoms with Crippen LogP contribution in [0.1, 0.15) is 25.7 Å². The Kier molecular flexibility index (Phi) is 6.02. The summed E-state index contributed by atoms with van der Waals surface area (Å²) in [6, 6.07) is 9.60. The van der Waals surface area contributed by atoms with E-state index in [4.69, 9.17) is 10.5 Å². The highest BCUT2D eigenvalue weighted by Crippen LogP contribution is 2.20. The van der Waals surface area contributed by atoms with E-state index in [1.807, 2.05) is 30.3 Å². The van der Waals surface area contributed by atoms with Gasteiger partial charge in [-0.05, 0) is 31.5 Å². The summed E-state index contributed by atoms with van der Waals surface area (Å²) < 4.78 is 5.56. The summed E-state index contributed by atoms with van der Waals surface area (Å²) >= 11 is 0. The molecule has 0 saturated carbocycles. The number of likely N-dealkylation sites (tertiary alicyclic amines) is 1. The number of carbonyl (C=O) groups excluding carboxylic acids is 1. The quantitative estimate of drug-likeness (QED) is 0.790. The summed E-state index contributed by atoms with van der Waals surface area (Å²) in [5.74, 6) is 0.478. The average Bonchev–Trinajstić information content (AvgIpc) is 2.48. The number of hydrogen-bond donors (Lipinski definition) is 2. The van der Waals surface area contributed by atoms with Crippen LogP contribution >= 0.6 is 0 Å². The van der Waals surface area contributed by atoms with E-state index >= 15 is 0 Å². The zero-order valence-corrected chi connectivity index (χ0v) is 12.3. The third-order valence-corrected chi connectivity index (χ3v) is 3.82. The Morgan fingerprint density at radius 2 is 2.14 bits per heavy atom. The first-order valence-electron chi connectivity index (χ1n) is 7.53. The second-order valence-corrected chi connectivity index (χ2v) is 5.59. The Bertz CT molecular complexity index is 438. The van der Waals surface area contributed by atoms with Gasteiger partial charge in [-0.2, -0.15) is 0 Å². The largest absolute Gasteiger partial charge is 0.491 e. The lowest BCUT2D eigenvalue weighted by Gasteiger charge is -2.36. The Morgan fingerprint density at radius 3 is 2.86 bits per heavy atom. The van der Waals surface area contributed by atoms with E-state index in [9.17, 15) is 9.90 Å². The lowest BCUT2D eigenvalue weighted by Crippen LogP contribution is -2.46. The van der Waals surface area contributed by atoms with Gasteiger partial charge < -0.3 is 15.6 Å². The number of β-amino-alcohol motifs (C(OH)–C–C–N with tert-alkyl or cyclic N) is 1. The molecule has 1 amide bonds. The number of primary amides is 1. The maximum Gasteiger partial charge on any atom is 0.218 e. The van der Waals surface area contributed by atoms with E-state index < -0.39 is 6.10 Å². The number of ether oxygens (including phenoxy) is 1. The summed E-state index contributed by atoms with van der Waals surface area (Å²) in [5, 5.41) is 10.1. The fourth-order valence-corrected chi connectivity index (χ4v) is 2.80. The summed E-state index contributed by atoms with van der Waals surface area (Å²) in [6.07, 6.45) is 2.98. The topological polar surface area (TPSA) is 75.8 Å². The first kappa shape index (κ1) is 15.8.